The maximum atomic E-state index is 13.4. The van der Waals surface area contributed by atoms with Crippen molar-refractivity contribution in [2.75, 3.05) is 0 Å². The van der Waals surface area contributed by atoms with Gasteiger partial charge in [0.2, 0.25) is 0 Å². The van der Waals surface area contributed by atoms with Gasteiger partial charge in [0.25, 0.3) is 0 Å². The molecule has 0 radical (unpaired) electrons. The van der Waals surface area contributed by atoms with Crippen molar-refractivity contribution in [1.82, 2.24) is 0 Å². The second kappa shape index (κ2) is 5.69. The van der Waals surface area contributed by atoms with E-state index in [4.69, 9.17) is 11.1 Å². The molecule has 0 aliphatic carbocycles. The van der Waals surface area contributed by atoms with Gasteiger partial charge in [-0.15, -0.1) is 11.8 Å². The molecular weight excluding hydrogens is 247 g/mol. The molecule has 0 heterocycles. The first-order valence-electron chi connectivity index (χ1n) is 5.47. The molecule has 4 heteroatoms. The monoisotopic (exact) mass is 260 g/mol. The first kappa shape index (κ1) is 12.6. The van der Waals surface area contributed by atoms with Crippen LogP contribution in [0.4, 0.5) is 4.39 Å². The molecule has 0 spiro atoms. The summed E-state index contributed by atoms with van der Waals surface area (Å²) >= 11 is 1.43. The first-order valence-corrected chi connectivity index (χ1v) is 6.46. The number of nitrogen functional groups attached to an aromatic ring is 1. The number of benzene rings is 2. The molecule has 2 rings (SSSR count). The van der Waals surface area contributed by atoms with Crippen LogP contribution in [0.5, 0.6) is 0 Å². The molecule has 0 aliphatic heterocycles. The number of nitrogens with one attached hydrogen (secondary N) is 1. The van der Waals surface area contributed by atoms with Gasteiger partial charge < -0.3 is 5.73 Å². The molecule has 0 atom stereocenters. The fraction of sp³-hybridized carbons (Fsp3) is 0.0714. The Hall–Kier alpha value is -1.81. The minimum Gasteiger partial charge on any atom is -0.384 e. The minimum absolute atomic E-state index is 0.0488. The summed E-state index contributed by atoms with van der Waals surface area (Å²) in [6.07, 6.45) is 0. The maximum absolute atomic E-state index is 13.4. The zero-order valence-corrected chi connectivity index (χ0v) is 10.5. The summed E-state index contributed by atoms with van der Waals surface area (Å²) < 4.78 is 13.4. The Bertz CT molecular complexity index is 569. The van der Waals surface area contributed by atoms with Crippen LogP contribution in [-0.4, -0.2) is 5.84 Å². The van der Waals surface area contributed by atoms with Crippen molar-refractivity contribution < 1.29 is 4.39 Å². The molecule has 18 heavy (non-hydrogen) atoms. The average Bonchev–Trinajstić information content (AvgIpc) is 2.38. The van der Waals surface area contributed by atoms with E-state index in [1.807, 2.05) is 24.3 Å². The molecular formula is C14H13FN2S. The normalized spacial score (nSPS) is 10.3. The number of nitrogens with two attached hydrogens (primary N) is 1. The topological polar surface area (TPSA) is 49.9 Å². The zero-order chi connectivity index (χ0) is 13.0. The van der Waals surface area contributed by atoms with Crippen LogP contribution in [0.1, 0.15) is 11.1 Å². The molecule has 0 fully saturated rings. The Labute approximate surface area is 110 Å². The van der Waals surface area contributed by atoms with Crippen LogP contribution >= 0.6 is 11.8 Å². The molecule has 0 amide bonds. The molecule has 0 saturated carbocycles. The summed E-state index contributed by atoms with van der Waals surface area (Å²) in [5.41, 5.74) is 7.15. The molecule has 0 unspecified atom stereocenters. The number of amidine groups is 1. The van der Waals surface area contributed by atoms with E-state index in [1.165, 1.54) is 17.8 Å². The van der Waals surface area contributed by atoms with Gasteiger partial charge in [0, 0.05) is 16.2 Å². The van der Waals surface area contributed by atoms with Crippen molar-refractivity contribution in [3.63, 3.8) is 0 Å². The summed E-state index contributed by atoms with van der Waals surface area (Å²) in [4.78, 5) is 0.630. The molecule has 0 saturated heterocycles. The lowest BCUT2D eigenvalue weighted by molar-refractivity contribution is 0.602. The lowest BCUT2D eigenvalue weighted by Crippen LogP contribution is -2.10. The van der Waals surface area contributed by atoms with Crippen LogP contribution in [0, 0.1) is 11.2 Å². The van der Waals surface area contributed by atoms with Gasteiger partial charge in [0.15, 0.2) is 0 Å². The van der Waals surface area contributed by atoms with E-state index in [0.29, 0.717) is 16.2 Å². The van der Waals surface area contributed by atoms with E-state index in [-0.39, 0.29) is 11.7 Å². The van der Waals surface area contributed by atoms with Gasteiger partial charge in [-0.1, -0.05) is 30.3 Å². The van der Waals surface area contributed by atoms with Gasteiger partial charge in [-0.3, -0.25) is 5.41 Å². The van der Waals surface area contributed by atoms with Crippen molar-refractivity contribution >= 4 is 17.6 Å². The molecule has 2 nitrogen and oxygen atoms in total. The van der Waals surface area contributed by atoms with Crippen LogP contribution in [0.25, 0.3) is 0 Å². The maximum Gasteiger partial charge on any atom is 0.136 e. The molecule has 0 aromatic heterocycles. The summed E-state index contributed by atoms with van der Waals surface area (Å²) in [5.74, 6) is 0.500. The Morgan fingerprint density at radius 3 is 2.67 bits per heavy atom. The quantitative estimate of drug-likeness (QED) is 0.503. The van der Waals surface area contributed by atoms with E-state index in [9.17, 15) is 4.39 Å². The van der Waals surface area contributed by atoms with Crippen LogP contribution in [0.3, 0.4) is 0 Å². The van der Waals surface area contributed by atoms with Crippen molar-refractivity contribution in [2.24, 2.45) is 5.73 Å². The largest absolute Gasteiger partial charge is 0.384 e. The molecule has 0 bridgehead atoms. The van der Waals surface area contributed by atoms with Crippen molar-refractivity contribution in [2.45, 2.75) is 10.6 Å². The molecule has 2 aromatic rings. The van der Waals surface area contributed by atoms with Crippen molar-refractivity contribution in [3.8, 4) is 0 Å². The third-order valence-corrected chi connectivity index (χ3v) is 3.59. The molecule has 92 valence electrons. The number of hydrogen-bond donors (Lipinski definition) is 2. The second-order valence-electron chi connectivity index (χ2n) is 3.83. The molecule has 3 N–H and O–H groups in total. The fourth-order valence-electron chi connectivity index (χ4n) is 1.55. The Morgan fingerprint density at radius 1 is 1.17 bits per heavy atom. The first-order chi connectivity index (χ1) is 8.66. The lowest BCUT2D eigenvalue weighted by Gasteiger charge is -2.05. The highest BCUT2D eigenvalue weighted by atomic mass is 32.2. The van der Waals surface area contributed by atoms with Gasteiger partial charge in [-0.05, 0) is 23.8 Å². The number of rotatable bonds is 4. The summed E-state index contributed by atoms with van der Waals surface area (Å²) in [7, 11) is 0. The minimum atomic E-state index is -0.203. The van der Waals surface area contributed by atoms with E-state index in [2.05, 4.69) is 0 Å². The zero-order valence-electron chi connectivity index (χ0n) is 9.69. The predicted molar refractivity (Wildman–Crippen MR) is 73.4 cm³/mol. The van der Waals surface area contributed by atoms with Gasteiger partial charge in [0.1, 0.15) is 11.7 Å². The van der Waals surface area contributed by atoms with E-state index in [1.54, 1.807) is 18.2 Å². The fourth-order valence-corrected chi connectivity index (χ4v) is 2.43. The van der Waals surface area contributed by atoms with Crippen LogP contribution < -0.4 is 5.73 Å². The van der Waals surface area contributed by atoms with E-state index < -0.39 is 0 Å². The molecule has 2 aromatic carbocycles. The second-order valence-corrected chi connectivity index (χ2v) is 4.85. The van der Waals surface area contributed by atoms with Gasteiger partial charge in [0.05, 0.1) is 0 Å². The Balaban J connectivity index is 2.09. The third kappa shape index (κ3) is 3.11. The van der Waals surface area contributed by atoms with E-state index in [0.717, 1.165) is 5.56 Å². The lowest BCUT2D eigenvalue weighted by atomic mass is 10.1. The van der Waals surface area contributed by atoms with E-state index >= 15 is 0 Å². The van der Waals surface area contributed by atoms with Crippen LogP contribution in [0.15, 0.2) is 53.4 Å². The predicted octanol–water partition coefficient (Wildman–Crippen LogP) is 3.40. The van der Waals surface area contributed by atoms with Gasteiger partial charge in [-0.2, -0.15) is 0 Å². The number of halogens is 1. The Morgan fingerprint density at radius 2 is 1.94 bits per heavy atom. The van der Waals surface area contributed by atoms with Crippen molar-refractivity contribution in [3.05, 3.63) is 65.5 Å². The average molecular weight is 260 g/mol. The Kier molecular flexibility index (Phi) is 3.99. The standard InChI is InChI=1S/C14H13FN2S/c15-12-6-1-2-7-13(12)18-9-10-4-3-5-11(8-10)14(16)17/h1-8H,9H2,(H3,16,17). The SMILES string of the molecule is N=C(N)c1cccc(CSc2ccccc2F)c1. The molecule has 0 aliphatic rings. The summed E-state index contributed by atoms with van der Waals surface area (Å²) in [6.45, 7) is 0. The highest BCUT2D eigenvalue weighted by Gasteiger charge is 2.03. The summed E-state index contributed by atoms with van der Waals surface area (Å²) in [5, 5.41) is 7.37. The number of hydrogen-bond acceptors (Lipinski definition) is 2. The number of thioether (sulfide) groups is 1. The van der Waals surface area contributed by atoms with Crippen molar-refractivity contribution in [1.29, 1.82) is 5.41 Å². The highest BCUT2D eigenvalue weighted by Crippen LogP contribution is 2.25. The van der Waals surface area contributed by atoms with Crippen LogP contribution in [-0.2, 0) is 5.75 Å². The summed E-state index contributed by atoms with van der Waals surface area (Å²) in [6, 6.07) is 14.2. The third-order valence-electron chi connectivity index (χ3n) is 2.47. The van der Waals surface area contributed by atoms with Gasteiger partial charge >= 0.3 is 0 Å². The smallest absolute Gasteiger partial charge is 0.136 e. The van der Waals surface area contributed by atoms with Crippen LogP contribution in [0.2, 0.25) is 0 Å². The van der Waals surface area contributed by atoms with Gasteiger partial charge in [-0.25, -0.2) is 4.39 Å². The highest BCUT2D eigenvalue weighted by molar-refractivity contribution is 7.98.